The van der Waals surface area contributed by atoms with Crippen LogP contribution >= 0.6 is 0 Å². The molecule has 146 valence electrons. The number of rotatable bonds is 6. The summed E-state index contributed by atoms with van der Waals surface area (Å²) in [5.74, 6) is -1.31. The number of urea groups is 1. The zero-order chi connectivity index (χ0) is 20.1. The molecule has 2 aromatic rings. The fourth-order valence-corrected chi connectivity index (χ4v) is 3.39. The highest BCUT2D eigenvalue weighted by Crippen LogP contribution is 2.29. The fraction of sp³-hybridized carbons (Fsp3) is 0.286. The Morgan fingerprint density at radius 1 is 0.750 bits per heavy atom. The van der Waals surface area contributed by atoms with Gasteiger partial charge in [0.15, 0.2) is 12.1 Å². The van der Waals surface area contributed by atoms with Crippen molar-refractivity contribution in [3.63, 3.8) is 0 Å². The Kier molecular flexibility index (Phi) is 5.93. The molecule has 0 spiro atoms. The van der Waals surface area contributed by atoms with Crippen LogP contribution in [0.5, 0.6) is 0 Å². The molecule has 0 unspecified atom stereocenters. The molecule has 0 aliphatic carbocycles. The van der Waals surface area contributed by atoms with E-state index >= 15 is 0 Å². The molecule has 2 aromatic carbocycles. The third kappa shape index (κ3) is 3.83. The second-order valence-electron chi connectivity index (χ2n) is 6.45. The van der Waals surface area contributed by atoms with Crippen molar-refractivity contribution in [3.8, 4) is 0 Å². The van der Waals surface area contributed by atoms with E-state index in [2.05, 4.69) is 0 Å². The summed E-state index contributed by atoms with van der Waals surface area (Å²) in [6, 6.07) is 16.0. The Bertz CT molecular complexity index is 771. The number of carbonyl (C=O) groups excluding carboxylic acids is 3. The summed E-state index contributed by atoms with van der Waals surface area (Å²) in [6.07, 6.45) is 0. The maximum absolute atomic E-state index is 13.2. The molecular formula is C21H22N2O5. The molecular weight excluding hydrogens is 360 g/mol. The summed E-state index contributed by atoms with van der Waals surface area (Å²) < 4.78 is 9.81. The van der Waals surface area contributed by atoms with Gasteiger partial charge in [-0.3, -0.25) is 0 Å². The Morgan fingerprint density at radius 2 is 1.11 bits per heavy atom. The van der Waals surface area contributed by atoms with E-state index in [1.165, 1.54) is 24.0 Å². The molecule has 0 aromatic heterocycles. The van der Waals surface area contributed by atoms with E-state index < -0.39 is 30.1 Å². The second-order valence-corrected chi connectivity index (χ2v) is 6.45. The van der Waals surface area contributed by atoms with Gasteiger partial charge in [-0.2, -0.15) is 0 Å². The Labute approximate surface area is 163 Å². The first-order valence-electron chi connectivity index (χ1n) is 8.87. The van der Waals surface area contributed by atoms with Crippen molar-refractivity contribution in [1.29, 1.82) is 0 Å². The van der Waals surface area contributed by atoms with Crippen LogP contribution in [0.2, 0.25) is 0 Å². The minimum Gasteiger partial charge on any atom is -0.467 e. The molecule has 7 nitrogen and oxygen atoms in total. The van der Waals surface area contributed by atoms with Crippen molar-refractivity contribution < 1.29 is 23.9 Å². The minimum absolute atomic E-state index is 0.179. The lowest BCUT2D eigenvalue weighted by Crippen LogP contribution is -2.48. The van der Waals surface area contributed by atoms with Crippen molar-refractivity contribution in [2.75, 3.05) is 14.2 Å². The average Bonchev–Trinajstić information content (AvgIpc) is 3.00. The summed E-state index contributed by atoms with van der Waals surface area (Å²) in [7, 11) is 2.48. The molecule has 28 heavy (non-hydrogen) atoms. The Morgan fingerprint density at radius 3 is 1.43 bits per heavy atom. The number of hydrogen-bond acceptors (Lipinski definition) is 5. The molecule has 0 saturated carbocycles. The first-order valence-corrected chi connectivity index (χ1v) is 8.87. The smallest absolute Gasteiger partial charge is 0.331 e. The van der Waals surface area contributed by atoms with Crippen LogP contribution in [0.1, 0.15) is 11.1 Å². The van der Waals surface area contributed by atoms with Gasteiger partial charge in [-0.25, -0.2) is 14.4 Å². The SMILES string of the molecule is COC(=O)[C@@H]1[C@H](C(=O)OC)N(Cc2ccccc2)C(=O)N1Cc1ccccc1. The molecule has 1 saturated heterocycles. The lowest BCUT2D eigenvalue weighted by molar-refractivity contribution is -0.155. The van der Waals surface area contributed by atoms with Gasteiger partial charge in [0.2, 0.25) is 0 Å². The van der Waals surface area contributed by atoms with Crippen molar-refractivity contribution >= 4 is 18.0 Å². The van der Waals surface area contributed by atoms with Gasteiger partial charge in [-0.15, -0.1) is 0 Å². The number of methoxy groups -OCH3 is 2. The Hall–Kier alpha value is -3.35. The molecule has 0 radical (unpaired) electrons. The van der Waals surface area contributed by atoms with Crippen molar-refractivity contribution in [2.24, 2.45) is 0 Å². The molecule has 2 atom stereocenters. The molecule has 1 heterocycles. The zero-order valence-corrected chi connectivity index (χ0v) is 15.8. The second kappa shape index (κ2) is 8.56. The van der Waals surface area contributed by atoms with Crippen LogP contribution in [0.3, 0.4) is 0 Å². The third-order valence-electron chi connectivity index (χ3n) is 4.74. The van der Waals surface area contributed by atoms with Crippen LogP contribution in [0.25, 0.3) is 0 Å². The third-order valence-corrected chi connectivity index (χ3v) is 4.74. The van der Waals surface area contributed by atoms with Crippen LogP contribution in [0, 0.1) is 0 Å². The Balaban J connectivity index is 1.99. The largest absolute Gasteiger partial charge is 0.467 e. The lowest BCUT2D eigenvalue weighted by Gasteiger charge is -2.24. The highest BCUT2D eigenvalue weighted by Gasteiger charge is 2.54. The average molecular weight is 382 g/mol. The number of amides is 2. The van der Waals surface area contributed by atoms with Gasteiger partial charge in [0.1, 0.15) is 0 Å². The quantitative estimate of drug-likeness (QED) is 0.716. The summed E-state index contributed by atoms with van der Waals surface area (Å²) in [4.78, 5) is 41.0. The molecule has 1 fully saturated rings. The van der Waals surface area contributed by atoms with Crippen LogP contribution in [-0.2, 0) is 32.2 Å². The van der Waals surface area contributed by atoms with Gasteiger partial charge >= 0.3 is 18.0 Å². The predicted octanol–water partition coefficient (Wildman–Crippen LogP) is 2.21. The standard InChI is InChI=1S/C21H22N2O5/c1-27-19(24)17-18(20(25)28-2)23(14-16-11-7-4-8-12-16)21(26)22(17)13-15-9-5-3-6-10-15/h3-12,17-18H,13-14H2,1-2H3/t17-,18+. The van der Waals surface area contributed by atoms with Crippen LogP contribution in [-0.4, -0.2) is 54.1 Å². The maximum Gasteiger partial charge on any atom is 0.331 e. The molecule has 0 bridgehead atoms. The van der Waals surface area contributed by atoms with E-state index in [4.69, 9.17) is 9.47 Å². The molecule has 3 rings (SSSR count). The number of carbonyl (C=O) groups is 3. The van der Waals surface area contributed by atoms with Crippen molar-refractivity contribution in [1.82, 2.24) is 9.80 Å². The van der Waals surface area contributed by atoms with Gasteiger partial charge in [-0.1, -0.05) is 60.7 Å². The normalized spacial score (nSPS) is 18.9. The predicted molar refractivity (Wildman–Crippen MR) is 101 cm³/mol. The highest BCUT2D eigenvalue weighted by molar-refractivity contribution is 5.97. The summed E-state index contributed by atoms with van der Waals surface area (Å²) in [5.41, 5.74) is 1.69. The van der Waals surface area contributed by atoms with Gasteiger partial charge in [-0.05, 0) is 11.1 Å². The van der Waals surface area contributed by atoms with Gasteiger partial charge in [0.05, 0.1) is 14.2 Å². The van der Waals surface area contributed by atoms with Gasteiger partial charge < -0.3 is 19.3 Å². The maximum atomic E-state index is 13.2. The number of nitrogens with zero attached hydrogens (tertiary/aromatic N) is 2. The van der Waals surface area contributed by atoms with E-state index in [1.807, 2.05) is 60.7 Å². The summed E-state index contributed by atoms with van der Waals surface area (Å²) in [5, 5.41) is 0. The monoisotopic (exact) mass is 382 g/mol. The van der Waals surface area contributed by atoms with E-state index in [-0.39, 0.29) is 13.1 Å². The van der Waals surface area contributed by atoms with Gasteiger partial charge in [0, 0.05) is 13.1 Å². The molecule has 1 aliphatic rings. The number of esters is 2. The number of benzene rings is 2. The molecule has 1 aliphatic heterocycles. The molecule has 2 amide bonds. The number of hydrogen-bond donors (Lipinski definition) is 0. The first kappa shape index (κ1) is 19.4. The first-order chi connectivity index (χ1) is 13.6. The van der Waals surface area contributed by atoms with Crippen molar-refractivity contribution in [3.05, 3.63) is 71.8 Å². The van der Waals surface area contributed by atoms with E-state index in [9.17, 15) is 14.4 Å². The summed E-state index contributed by atoms with van der Waals surface area (Å²) >= 11 is 0. The van der Waals surface area contributed by atoms with Crippen LogP contribution in [0.15, 0.2) is 60.7 Å². The van der Waals surface area contributed by atoms with Gasteiger partial charge in [0.25, 0.3) is 0 Å². The number of ether oxygens (including phenoxy) is 2. The zero-order valence-electron chi connectivity index (χ0n) is 15.8. The van der Waals surface area contributed by atoms with Crippen LogP contribution < -0.4 is 0 Å². The topological polar surface area (TPSA) is 76.2 Å². The minimum atomic E-state index is -1.09. The van der Waals surface area contributed by atoms with E-state index in [0.717, 1.165) is 11.1 Å². The van der Waals surface area contributed by atoms with Crippen LogP contribution in [0.4, 0.5) is 4.79 Å². The summed E-state index contributed by atoms with van der Waals surface area (Å²) in [6.45, 7) is 0.358. The van der Waals surface area contributed by atoms with E-state index in [0.29, 0.717) is 0 Å². The fourth-order valence-electron chi connectivity index (χ4n) is 3.39. The molecule has 0 N–H and O–H groups in total. The van der Waals surface area contributed by atoms with Crippen molar-refractivity contribution in [2.45, 2.75) is 25.2 Å². The highest BCUT2D eigenvalue weighted by atomic mass is 16.5. The lowest BCUT2D eigenvalue weighted by atomic mass is 10.1. The molecule has 7 heteroatoms. The van der Waals surface area contributed by atoms with E-state index in [1.54, 1.807) is 0 Å².